The van der Waals surface area contributed by atoms with E-state index in [0.29, 0.717) is 18.1 Å². The first kappa shape index (κ1) is 26.7. The molecule has 0 saturated carbocycles. The Morgan fingerprint density at radius 3 is 2.42 bits per heavy atom. The second kappa shape index (κ2) is 11.4. The van der Waals surface area contributed by atoms with Gasteiger partial charge in [-0.2, -0.15) is 4.31 Å². The molecule has 36 heavy (non-hydrogen) atoms. The van der Waals surface area contributed by atoms with Crippen LogP contribution >= 0.6 is 35.0 Å². The highest BCUT2D eigenvalue weighted by atomic mass is 35.5. The van der Waals surface area contributed by atoms with E-state index in [1.54, 1.807) is 30.3 Å². The molecule has 2 aliphatic heterocycles. The summed E-state index contributed by atoms with van der Waals surface area (Å²) in [5, 5.41) is 2.81. The van der Waals surface area contributed by atoms with Crippen LogP contribution in [0.4, 0.5) is 4.79 Å². The summed E-state index contributed by atoms with van der Waals surface area (Å²) in [5.41, 5.74) is 0.850. The molecule has 3 amide bonds. The fourth-order valence-electron chi connectivity index (χ4n) is 3.87. The van der Waals surface area contributed by atoms with E-state index in [1.165, 1.54) is 22.5 Å². The molecule has 2 heterocycles. The van der Waals surface area contributed by atoms with E-state index in [2.05, 4.69) is 5.32 Å². The molecule has 2 aromatic carbocycles. The smallest absolute Gasteiger partial charge is 0.293 e. The molecule has 2 aliphatic rings. The molecule has 0 bridgehead atoms. The summed E-state index contributed by atoms with van der Waals surface area (Å²) in [6.07, 6.45) is 4.14. The monoisotopic (exact) mass is 567 g/mol. The number of amides is 3. The molecule has 190 valence electrons. The highest BCUT2D eigenvalue weighted by Crippen LogP contribution is 2.32. The van der Waals surface area contributed by atoms with Crippen LogP contribution in [0.3, 0.4) is 0 Å². The Balaban J connectivity index is 1.39. The van der Waals surface area contributed by atoms with E-state index in [1.807, 2.05) is 0 Å². The summed E-state index contributed by atoms with van der Waals surface area (Å²) in [7, 11) is -3.82. The van der Waals surface area contributed by atoms with Crippen molar-refractivity contribution in [3.05, 3.63) is 68.5 Å². The molecule has 0 unspecified atom stereocenters. The standard InChI is InChI=1S/C24H23Cl2N3O5S2/c25-18-7-4-16(5-8-18)14-20-23(31)29(24(32)35-20)13-10-27-22(30)17-6-9-19(26)21(15-17)36(33,34)28-11-2-1-3-12-28/h4-9,14-15H,1-3,10-13H2,(H,27,30)/b20-14+. The van der Waals surface area contributed by atoms with Crippen LogP contribution in [0.25, 0.3) is 6.08 Å². The number of thioether (sulfide) groups is 1. The zero-order valence-electron chi connectivity index (χ0n) is 19.1. The van der Waals surface area contributed by atoms with Crippen LogP contribution in [0.2, 0.25) is 10.0 Å². The van der Waals surface area contributed by atoms with Gasteiger partial charge in [0.2, 0.25) is 10.0 Å². The first-order chi connectivity index (χ1) is 17.2. The number of hydrogen-bond donors (Lipinski definition) is 1. The molecule has 0 atom stereocenters. The second-order valence-corrected chi connectivity index (χ2v) is 12.0. The number of halogens is 2. The molecule has 2 fully saturated rings. The van der Waals surface area contributed by atoms with Crippen molar-refractivity contribution in [3.63, 3.8) is 0 Å². The number of nitrogens with one attached hydrogen (secondary N) is 1. The number of carbonyl (C=O) groups excluding carboxylic acids is 3. The molecule has 4 rings (SSSR count). The van der Waals surface area contributed by atoms with Crippen LogP contribution in [0.1, 0.15) is 35.2 Å². The Bertz CT molecular complexity index is 1320. The highest BCUT2D eigenvalue weighted by molar-refractivity contribution is 8.18. The quantitative estimate of drug-likeness (QED) is 0.489. The predicted octanol–water partition coefficient (Wildman–Crippen LogP) is 4.63. The lowest BCUT2D eigenvalue weighted by Crippen LogP contribution is -2.37. The van der Waals surface area contributed by atoms with Crippen molar-refractivity contribution < 1.29 is 22.8 Å². The van der Waals surface area contributed by atoms with Gasteiger partial charge >= 0.3 is 0 Å². The molecule has 2 aromatic rings. The maximum Gasteiger partial charge on any atom is 0.293 e. The number of imide groups is 1. The molecular weight excluding hydrogens is 545 g/mol. The number of benzene rings is 2. The normalized spacial score (nSPS) is 18.2. The topological polar surface area (TPSA) is 104 Å². The van der Waals surface area contributed by atoms with Gasteiger partial charge in [-0.3, -0.25) is 19.3 Å². The number of rotatable bonds is 7. The van der Waals surface area contributed by atoms with Gasteiger partial charge in [0.05, 0.1) is 9.93 Å². The third-order valence-electron chi connectivity index (χ3n) is 5.79. The Morgan fingerprint density at radius 1 is 1.03 bits per heavy atom. The maximum absolute atomic E-state index is 13.0. The largest absolute Gasteiger partial charge is 0.350 e. The summed E-state index contributed by atoms with van der Waals surface area (Å²) < 4.78 is 27.5. The minimum atomic E-state index is -3.82. The van der Waals surface area contributed by atoms with Gasteiger partial charge in [0, 0.05) is 36.8 Å². The molecule has 1 N–H and O–H groups in total. The van der Waals surface area contributed by atoms with Crippen molar-refractivity contribution in [2.75, 3.05) is 26.2 Å². The first-order valence-electron chi connectivity index (χ1n) is 11.3. The van der Waals surface area contributed by atoms with Crippen molar-refractivity contribution in [1.82, 2.24) is 14.5 Å². The molecule has 2 saturated heterocycles. The van der Waals surface area contributed by atoms with Crippen molar-refractivity contribution >= 4 is 68.1 Å². The average molecular weight is 569 g/mol. The first-order valence-corrected chi connectivity index (χ1v) is 14.3. The van der Waals surface area contributed by atoms with E-state index < -0.39 is 27.1 Å². The van der Waals surface area contributed by atoms with Crippen molar-refractivity contribution in [3.8, 4) is 0 Å². The van der Waals surface area contributed by atoms with E-state index >= 15 is 0 Å². The van der Waals surface area contributed by atoms with Gasteiger partial charge < -0.3 is 5.32 Å². The van der Waals surface area contributed by atoms with Crippen LogP contribution in [0.15, 0.2) is 52.3 Å². The van der Waals surface area contributed by atoms with E-state index in [0.717, 1.165) is 41.5 Å². The van der Waals surface area contributed by atoms with Crippen LogP contribution < -0.4 is 5.32 Å². The van der Waals surface area contributed by atoms with Gasteiger partial charge in [-0.1, -0.05) is 41.8 Å². The number of hydrogen-bond acceptors (Lipinski definition) is 6. The van der Waals surface area contributed by atoms with Gasteiger partial charge in [0.15, 0.2) is 0 Å². The van der Waals surface area contributed by atoms with Crippen LogP contribution in [0, 0.1) is 0 Å². The van der Waals surface area contributed by atoms with Gasteiger partial charge in [-0.05, 0) is 66.6 Å². The Hall–Kier alpha value is -2.37. The SMILES string of the molecule is O=C(NCCN1C(=O)S/C(=C/c2ccc(Cl)cc2)C1=O)c1ccc(Cl)c(S(=O)(=O)N2CCCCC2)c1. The average Bonchev–Trinajstić information content (AvgIpc) is 3.13. The minimum Gasteiger partial charge on any atom is -0.350 e. The third-order valence-corrected chi connectivity index (χ3v) is 9.33. The van der Waals surface area contributed by atoms with Crippen molar-refractivity contribution in [1.29, 1.82) is 0 Å². The molecule has 0 radical (unpaired) electrons. The lowest BCUT2D eigenvalue weighted by Gasteiger charge is -2.26. The molecular formula is C24H23Cl2N3O5S2. The number of carbonyl (C=O) groups is 3. The Morgan fingerprint density at radius 2 is 1.72 bits per heavy atom. The fourth-order valence-corrected chi connectivity index (χ4v) is 6.88. The highest BCUT2D eigenvalue weighted by Gasteiger charge is 2.35. The maximum atomic E-state index is 13.0. The third kappa shape index (κ3) is 5.95. The lowest BCUT2D eigenvalue weighted by molar-refractivity contribution is -0.122. The van der Waals surface area contributed by atoms with Crippen LogP contribution in [0.5, 0.6) is 0 Å². The minimum absolute atomic E-state index is 0.00192. The van der Waals surface area contributed by atoms with Crippen molar-refractivity contribution in [2.45, 2.75) is 24.2 Å². The fraction of sp³-hybridized carbons (Fsp3) is 0.292. The zero-order chi connectivity index (χ0) is 25.9. The van der Waals surface area contributed by atoms with Gasteiger partial charge in [-0.15, -0.1) is 0 Å². The van der Waals surface area contributed by atoms with E-state index in [-0.39, 0.29) is 33.5 Å². The van der Waals surface area contributed by atoms with E-state index in [4.69, 9.17) is 23.2 Å². The Labute approximate surface area is 223 Å². The predicted molar refractivity (Wildman–Crippen MR) is 141 cm³/mol. The molecule has 0 spiro atoms. The number of sulfonamides is 1. The Kier molecular flexibility index (Phi) is 8.41. The summed E-state index contributed by atoms with van der Waals surface area (Å²) in [4.78, 5) is 38.9. The van der Waals surface area contributed by atoms with Gasteiger partial charge in [0.1, 0.15) is 4.90 Å². The van der Waals surface area contributed by atoms with Gasteiger partial charge in [-0.25, -0.2) is 8.42 Å². The number of piperidine rings is 1. The second-order valence-electron chi connectivity index (χ2n) is 8.25. The molecule has 8 nitrogen and oxygen atoms in total. The lowest BCUT2D eigenvalue weighted by atomic mass is 10.2. The van der Waals surface area contributed by atoms with Gasteiger partial charge in [0.25, 0.3) is 17.1 Å². The molecule has 12 heteroatoms. The van der Waals surface area contributed by atoms with Crippen LogP contribution in [-0.4, -0.2) is 60.9 Å². The summed E-state index contributed by atoms with van der Waals surface area (Å²) >= 11 is 12.9. The van der Waals surface area contributed by atoms with Crippen LogP contribution in [-0.2, 0) is 14.8 Å². The van der Waals surface area contributed by atoms with E-state index in [9.17, 15) is 22.8 Å². The van der Waals surface area contributed by atoms with Crippen molar-refractivity contribution in [2.24, 2.45) is 0 Å². The summed E-state index contributed by atoms with van der Waals surface area (Å²) in [6, 6.07) is 10.9. The summed E-state index contributed by atoms with van der Waals surface area (Å²) in [6.45, 7) is 0.807. The number of nitrogens with zero attached hydrogens (tertiary/aromatic N) is 2. The summed E-state index contributed by atoms with van der Waals surface area (Å²) in [5.74, 6) is -0.985. The molecule has 0 aromatic heterocycles. The zero-order valence-corrected chi connectivity index (χ0v) is 22.2. The molecule has 0 aliphatic carbocycles.